The second-order valence-corrected chi connectivity index (χ2v) is 9.66. The Balaban J connectivity index is 1.92. The Kier molecular flexibility index (Phi) is 12.1. The molecule has 2 aromatic carbocycles. The van der Waals surface area contributed by atoms with E-state index in [4.69, 9.17) is 14.2 Å². The molecule has 10 nitrogen and oxygen atoms in total. The van der Waals surface area contributed by atoms with Gasteiger partial charge in [0.2, 0.25) is 5.91 Å². The van der Waals surface area contributed by atoms with Gasteiger partial charge < -0.3 is 30.2 Å². The van der Waals surface area contributed by atoms with Gasteiger partial charge in [-0.2, -0.15) is 0 Å². The van der Waals surface area contributed by atoms with Gasteiger partial charge in [-0.05, 0) is 45.2 Å². The molecule has 2 rings (SSSR count). The van der Waals surface area contributed by atoms with E-state index >= 15 is 0 Å². The summed E-state index contributed by atoms with van der Waals surface area (Å²) in [6.07, 6.45) is -1.11. The van der Waals surface area contributed by atoms with Gasteiger partial charge in [0.05, 0.1) is 6.04 Å². The number of alkyl carbamates (subject to hydrolysis) is 2. The Morgan fingerprint density at radius 3 is 1.79 bits per heavy atom. The maximum Gasteiger partial charge on any atom is 0.408 e. The molecule has 0 aliphatic rings. The van der Waals surface area contributed by atoms with Gasteiger partial charge >= 0.3 is 18.2 Å². The molecule has 3 N–H and O–H groups in total. The highest BCUT2D eigenvalue weighted by molar-refractivity contribution is 5.87. The molecule has 2 atom stereocenters. The number of rotatable bonds is 12. The Hall–Kier alpha value is -4.08. The van der Waals surface area contributed by atoms with Crippen LogP contribution in [-0.2, 0) is 37.0 Å². The van der Waals surface area contributed by atoms with E-state index in [0.717, 1.165) is 11.1 Å². The smallest absolute Gasteiger partial charge is 0.408 e. The van der Waals surface area contributed by atoms with Crippen LogP contribution in [0.1, 0.15) is 51.7 Å². The second kappa shape index (κ2) is 15.2. The third-order valence-electron chi connectivity index (χ3n) is 5.10. The monoisotopic (exact) mass is 527 g/mol. The van der Waals surface area contributed by atoms with E-state index < -0.39 is 35.8 Å². The number of benzene rings is 2. The van der Waals surface area contributed by atoms with Gasteiger partial charge in [0.25, 0.3) is 0 Å². The van der Waals surface area contributed by atoms with Gasteiger partial charge in [0.1, 0.15) is 24.9 Å². The fourth-order valence-electron chi connectivity index (χ4n) is 3.29. The SMILES string of the molecule is C[C@H](NC(=O)OCc1ccccc1)[C@H](NC(=O)OCc1ccccc1)C(=O)NCCCC(=O)OC(C)(C)C. The molecule has 3 amide bonds. The summed E-state index contributed by atoms with van der Waals surface area (Å²) in [7, 11) is 0. The van der Waals surface area contributed by atoms with Crippen molar-refractivity contribution < 1.29 is 33.4 Å². The highest BCUT2D eigenvalue weighted by Gasteiger charge is 2.29. The number of carbonyl (C=O) groups excluding carboxylic acids is 4. The largest absolute Gasteiger partial charge is 0.460 e. The number of esters is 1. The van der Waals surface area contributed by atoms with Gasteiger partial charge in [0.15, 0.2) is 0 Å². The summed E-state index contributed by atoms with van der Waals surface area (Å²) in [6.45, 7) is 7.12. The van der Waals surface area contributed by atoms with Crippen LogP contribution >= 0.6 is 0 Å². The summed E-state index contributed by atoms with van der Waals surface area (Å²) in [5, 5.41) is 7.77. The number of amides is 3. The molecule has 10 heteroatoms. The van der Waals surface area contributed by atoms with Crippen LogP contribution in [0, 0.1) is 0 Å². The quantitative estimate of drug-likeness (QED) is 0.217. The summed E-state index contributed by atoms with van der Waals surface area (Å²) in [4.78, 5) is 49.6. The van der Waals surface area contributed by atoms with Crippen LogP contribution in [0.4, 0.5) is 9.59 Å². The van der Waals surface area contributed by atoms with Crippen molar-refractivity contribution in [3.05, 3.63) is 71.8 Å². The lowest BCUT2D eigenvalue weighted by atomic mass is 10.1. The Bertz CT molecular complexity index is 1040. The lowest BCUT2D eigenvalue weighted by Gasteiger charge is -2.25. The van der Waals surface area contributed by atoms with Crippen LogP contribution in [-0.4, -0.2) is 48.3 Å². The summed E-state index contributed by atoms with van der Waals surface area (Å²) < 4.78 is 15.7. The van der Waals surface area contributed by atoms with Crippen molar-refractivity contribution in [1.29, 1.82) is 0 Å². The van der Waals surface area contributed by atoms with Gasteiger partial charge in [-0.3, -0.25) is 9.59 Å². The molecule has 0 radical (unpaired) electrons. The first-order chi connectivity index (χ1) is 18.0. The Morgan fingerprint density at radius 1 is 0.789 bits per heavy atom. The molecular formula is C28H37N3O7. The Morgan fingerprint density at radius 2 is 1.29 bits per heavy atom. The van der Waals surface area contributed by atoms with Crippen molar-refractivity contribution in [3.63, 3.8) is 0 Å². The average molecular weight is 528 g/mol. The molecule has 0 aliphatic heterocycles. The third kappa shape index (κ3) is 12.2. The number of carbonyl (C=O) groups is 4. The molecule has 38 heavy (non-hydrogen) atoms. The van der Waals surface area contributed by atoms with Crippen molar-refractivity contribution in [2.24, 2.45) is 0 Å². The van der Waals surface area contributed by atoms with Crippen LogP contribution in [0.3, 0.4) is 0 Å². The zero-order valence-corrected chi connectivity index (χ0v) is 22.3. The predicted molar refractivity (Wildman–Crippen MR) is 141 cm³/mol. The Labute approximate surface area is 223 Å². The van der Waals surface area contributed by atoms with Crippen LogP contribution in [0.2, 0.25) is 0 Å². The van der Waals surface area contributed by atoms with E-state index in [2.05, 4.69) is 16.0 Å². The normalized spacial score (nSPS) is 12.4. The topological polar surface area (TPSA) is 132 Å². The highest BCUT2D eigenvalue weighted by atomic mass is 16.6. The lowest BCUT2D eigenvalue weighted by Crippen LogP contribution is -2.57. The van der Waals surface area contributed by atoms with Crippen LogP contribution < -0.4 is 16.0 Å². The molecule has 0 saturated carbocycles. The van der Waals surface area contributed by atoms with Crippen molar-refractivity contribution >= 4 is 24.1 Å². The molecule has 0 bridgehead atoms. The minimum absolute atomic E-state index is 0.0117. The van der Waals surface area contributed by atoms with Crippen molar-refractivity contribution in [2.75, 3.05) is 6.54 Å². The summed E-state index contributed by atoms with van der Waals surface area (Å²) in [5.41, 5.74) is 0.991. The van der Waals surface area contributed by atoms with Crippen LogP contribution in [0.25, 0.3) is 0 Å². The summed E-state index contributed by atoms with van der Waals surface area (Å²) in [6, 6.07) is 16.2. The van der Waals surface area contributed by atoms with Crippen molar-refractivity contribution in [2.45, 2.75) is 71.4 Å². The zero-order valence-electron chi connectivity index (χ0n) is 22.3. The van der Waals surface area contributed by atoms with Gasteiger partial charge in [0, 0.05) is 13.0 Å². The second-order valence-electron chi connectivity index (χ2n) is 9.66. The fraction of sp³-hybridized carbons (Fsp3) is 0.429. The molecule has 0 fully saturated rings. The summed E-state index contributed by atoms with van der Waals surface area (Å²) in [5.74, 6) is -0.927. The highest BCUT2D eigenvalue weighted by Crippen LogP contribution is 2.09. The van der Waals surface area contributed by atoms with E-state index in [0.29, 0.717) is 6.42 Å². The van der Waals surface area contributed by atoms with Gasteiger partial charge in [-0.25, -0.2) is 9.59 Å². The van der Waals surface area contributed by atoms with Crippen LogP contribution in [0.5, 0.6) is 0 Å². The molecule has 0 aromatic heterocycles. The number of nitrogens with one attached hydrogen (secondary N) is 3. The first-order valence-electron chi connectivity index (χ1n) is 12.5. The molecule has 206 valence electrons. The molecule has 0 saturated heterocycles. The molecule has 2 aromatic rings. The number of hydrogen-bond acceptors (Lipinski definition) is 7. The molecule has 0 spiro atoms. The van der Waals surface area contributed by atoms with E-state index in [1.165, 1.54) is 0 Å². The minimum atomic E-state index is -1.16. The zero-order chi connectivity index (χ0) is 28.0. The predicted octanol–water partition coefficient (Wildman–Crippen LogP) is 3.83. The fourth-order valence-corrected chi connectivity index (χ4v) is 3.29. The molecular weight excluding hydrogens is 490 g/mol. The molecule has 0 unspecified atom stereocenters. The third-order valence-corrected chi connectivity index (χ3v) is 5.10. The van der Waals surface area contributed by atoms with Crippen molar-refractivity contribution in [3.8, 4) is 0 Å². The number of ether oxygens (including phenoxy) is 3. The minimum Gasteiger partial charge on any atom is -0.460 e. The number of hydrogen-bond donors (Lipinski definition) is 3. The molecule has 0 heterocycles. The first-order valence-corrected chi connectivity index (χ1v) is 12.5. The van der Waals surface area contributed by atoms with E-state index in [1.807, 2.05) is 48.5 Å². The van der Waals surface area contributed by atoms with E-state index in [-0.39, 0.29) is 32.1 Å². The van der Waals surface area contributed by atoms with Crippen LogP contribution in [0.15, 0.2) is 60.7 Å². The van der Waals surface area contributed by atoms with Gasteiger partial charge in [-0.15, -0.1) is 0 Å². The molecule has 0 aliphatic carbocycles. The van der Waals surface area contributed by atoms with Gasteiger partial charge in [-0.1, -0.05) is 60.7 Å². The van der Waals surface area contributed by atoms with Crippen molar-refractivity contribution in [1.82, 2.24) is 16.0 Å². The van der Waals surface area contributed by atoms with E-state index in [9.17, 15) is 19.2 Å². The summed E-state index contributed by atoms with van der Waals surface area (Å²) >= 11 is 0. The average Bonchev–Trinajstić information content (AvgIpc) is 2.87. The maximum absolute atomic E-state index is 12.9. The standard InChI is InChI=1S/C28H37N3O7/c1-20(30-26(34)36-18-21-12-7-5-8-13-21)24(31-27(35)37-19-22-14-9-6-10-15-22)25(33)29-17-11-16-23(32)38-28(2,3)4/h5-10,12-15,20,24H,11,16-19H2,1-4H3,(H,29,33)(H,30,34)(H,31,35)/t20-,24-/m0/s1. The van der Waals surface area contributed by atoms with E-state index in [1.54, 1.807) is 39.8 Å². The first kappa shape index (κ1) is 30.1. The maximum atomic E-state index is 12.9. The lowest BCUT2D eigenvalue weighted by molar-refractivity contribution is -0.155.